The van der Waals surface area contributed by atoms with Crippen molar-refractivity contribution < 1.29 is 19.4 Å². The number of nitrogens with zero attached hydrogens (tertiary/aromatic N) is 1. The monoisotopic (exact) mass is 292 g/mol. The molecule has 0 radical (unpaired) electrons. The highest BCUT2D eigenvalue weighted by Crippen LogP contribution is 2.25. The van der Waals surface area contributed by atoms with Crippen molar-refractivity contribution in [1.29, 1.82) is 0 Å². The fraction of sp³-hybridized carbons (Fsp3) is 0.467. The molecule has 1 aliphatic heterocycles. The number of aliphatic carboxylic acids is 1. The minimum Gasteiger partial charge on any atom is -0.492 e. The van der Waals surface area contributed by atoms with E-state index in [2.05, 4.69) is 5.32 Å². The number of carboxylic acids is 1. The zero-order valence-electron chi connectivity index (χ0n) is 12.0. The molecular weight excluding hydrogens is 272 g/mol. The lowest BCUT2D eigenvalue weighted by atomic mass is 9.99. The maximum Gasteiger partial charge on any atom is 0.321 e. The van der Waals surface area contributed by atoms with Crippen LogP contribution in [0.15, 0.2) is 24.3 Å². The van der Waals surface area contributed by atoms with Crippen molar-refractivity contribution in [2.75, 3.05) is 25.0 Å². The number of benzene rings is 1. The van der Waals surface area contributed by atoms with Gasteiger partial charge < -0.3 is 20.1 Å². The van der Waals surface area contributed by atoms with Gasteiger partial charge in [-0.3, -0.25) is 4.79 Å². The van der Waals surface area contributed by atoms with Crippen LogP contribution in [0.4, 0.5) is 10.5 Å². The topological polar surface area (TPSA) is 78.9 Å². The number of hydrogen-bond acceptors (Lipinski definition) is 3. The molecule has 1 heterocycles. The quantitative estimate of drug-likeness (QED) is 0.893. The Bertz CT molecular complexity index is 518. The van der Waals surface area contributed by atoms with Crippen molar-refractivity contribution in [1.82, 2.24) is 4.90 Å². The van der Waals surface area contributed by atoms with Crippen molar-refractivity contribution in [3.8, 4) is 5.75 Å². The summed E-state index contributed by atoms with van der Waals surface area (Å²) < 4.78 is 5.46. The Kier molecular flexibility index (Phi) is 5.03. The Hall–Kier alpha value is -2.24. The third-order valence-electron chi connectivity index (χ3n) is 3.49. The van der Waals surface area contributed by atoms with Gasteiger partial charge in [-0.1, -0.05) is 12.1 Å². The molecule has 1 aromatic carbocycles. The van der Waals surface area contributed by atoms with Crippen LogP contribution in [-0.2, 0) is 4.79 Å². The smallest absolute Gasteiger partial charge is 0.321 e. The number of para-hydroxylation sites is 2. The molecule has 0 bridgehead atoms. The molecule has 2 N–H and O–H groups in total. The first-order chi connectivity index (χ1) is 10.1. The van der Waals surface area contributed by atoms with Crippen LogP contribution in [0.25, 0.3) is 0 Å². The first-order valence-corrected chi connectivity index (χ1v) is 7.12. The van der Waals surface area contributed by atoms with Gasteiger partial charge >= 0.3 is 12.0 Å². The van der Waals surface area contributed by atoms with E-state index < -0.39 is 11.9 Å². The summed E-state index contributed by atoms with van der Waals surface area (Å²) in [5.74, 6) is -0.714. The number of carbonyl (C=O) groups is 2. The second-order valence-corrected chi connectivity index (χ2v) is 4.98. The molecule has 1 aliphatic rings. The van der Waals surface area contributed by atoms with E-state index in [1.165, 1.54) is 0 Å². The molecule has 0 aliphatic carbocycles. The Balaban J connectivity index is 2.02. The van der Waals surface area contributed by atoms with Gasteiger partial charge in [0.1, 0.15) is 5.75 Å². The number of likely N-dealkylation sites (tertiary alicyclic amines) is 1. The average Bonchev–Trinajstić information content (AvgIpc) is 2.49. The highest BCUT2D eigenvalue weighted by Gasteiger charge is 2.28. The number of carboxylic acid groups (broad SMARTS) is 1. The van der Waals surface area contributed by atoms with Gasteiger partial charge in [-0.05, 0) is 31.9 Å². The standard InChI is InChI=1S/C15H20N2O4/c1-2-21-13-8-4-3-7-12(13)16-15(20)17-9-5-6-11(10-17)14(18)19/h3-4,7-8,11H,2,5-6,9-10H2,1H3,(H,16,20)(H,18,19)/t11-/m1/s1. The summed E-state index contributed by atoms with van der Waals surface area (Å²) in [5, 5.41) is 11.9. The summed E-state index contributed by atoms with van der Waals surface area (Å²) in [6, 6.07) is 6.92. The van der Waals surface area contributed by atoms with Crippen LogP contribution in [0.3, 0.4) is 0 Å². The second kappa shape index (κ2) is 6.97. The van der Waals surface area contributed by atoms with Gasteiger partial charge in [0.15, 0.2) is 0 Å². The van der Waals surface area contributed by atoms with Crippen LogP contribution < -0.4 is 10.1 Å². The van der Waals surface area contributed by atoms with Crippen molar-refractivity contribution >= 4 is 17.7 Å². The summed E-state index contributed by atoms with van der Waals surface area (Å²) >= 11 is 0. The molecule has 0 saturated carbocycles. The predicted octanol–water partition coefficient (Wildman–Crippen LogP) is 2.41. The summed E-state index contributed by atoms with van der Waals surface area (Å²) in [7, 11) is 0. The Morgan fingerprint density at radius 2 is 2.19 bits per heavy atom. The maximum absolute atomic E-state index is 12.3. The number of amides is 2. The van der Waals surface area contributed by atoms with Gasteiger partial charge in [0.2, 0.25) is 0 Å². The SMILES string of the molecule is CCOc1ccccc1NC(=O)N1CCC[C@@H](C(=O)O)C1. The van der Waals surface area contributed by atoms with E-state index in [-0.39, 0.29) is 12.6 Å². The average molecular weight is 292 g/mol. The van der Waals surface area contributed by atoms with Crippen LogP contribution in [0, 0.1) is 5.92 Å². The number of nitrogens with one attached hydrogen (secondary N) is 1. The molecule has 1 saturated heterocycles. The van der Waals surface area contributed by atoms with E-state index in [9.17, 15) is 9.59 Å². The zero-order chi connectivity index (χ0) is 15.2. The number of anilines is 1. The molecule has 1 fully saturated rings. The third-order valence-corrected chi connectivity index (χ3v) is 3.49. The van der Waals surface area contributed by atoms with Gasteiger partial charge in [-0.15, -0.1) is 0 Å². The van der Waals surface area contributed by atoms with Gasteiger partial charge in [0, 0.05) is 13.1 Å². The van der Waals surface area contributed by atoms with E-state index in [4.69, 9.17) is 9.84 Å². The lowest BCUT2D eigenvalue weighted by Gasteiger charge is -2.30. The molecule has 0 unspecified atom stereocenters. The van der Waals surface area contributed by atoms with Crippen molar-refractivity contribution in [3.63, 3.8) is 0 Å². The minimum atomic E-state index is -0.845. The number of ether oxygens (including phenoxy) is 1. The maximum atomic E-state index is 12.3. The Labute approximate surface area is 123 Å². The summed E-state index contributed by atoms with van der Waals surface area (Å²) in [4.78, 5) is 24.8. The predicted molar refractivity (Wildman–Crippen MR) is 78.6 cm³/mol. The first kappa shape index (κ1) is 15.2. The fourth-order valence-electron chi connectivity index (χ4n) is 2.41. The molecule has 1 atom stereocenters. The molecular formula is C15H20N2O4. The lowest BCUT2D eigenvalue weighted by molar-refractivity contribution is -0.143. The molecule has 1 aromatic rings. The number of hydrogen-bond donors (Lipinski definition) is 2. The van der Waals surface area contributed by atoms with Gasteiger partial charge in [-0.2, -0.15) is 0 Å². The number of carbonyl (C=O) groups excluding carboxylic acids is 1. The van der Waals surface area contributed by atoms with E-state index in [1.54, 1.807) is 17.0 Å². The normalized spacial score (nSPS) is 18.1. The zero-order valence-corrected chi connectivity index (χ0v) is 12.0. The van der Waals surface area contributed by atoms with Crippen LogP contribution >= 0.6 is 0 Å². The summed E-state index contributed by atoms with van der Waals surface area (Å²) in [6.45, 7) is 3.21. The highest BCUT2D eigenvalue weighted by molar-refractivity contribution is 5.91. The lowest BCUT2D eigenvalue weighted by Crippen LogP contribution is -2.44. The molecule has 2 amide bonds. The molecule has 6 heteroatoms. The van der Waals surface area contributed by atoms with Crippen LogP contribution in [-0.4, -0.2) is 41.7 Å². The summed E-state index contributed by atoms with van der Waals surface area (Å²) in [5.41, 5.74) is 0.599. The largest absolute Gasteiger partial charge is 0.492 e. The molecule has 2 rings (SSSR count). The van der Waals surface area contributed by atoms with Crippen molar-refractivity contribution in [3.05, 3.63) is 24.3 Å². The van der Waals surface area contributed by atoms with Gasteiger partial charge in [-0.25, -0.2) is 4.79 Å². The minimum absolute atomic E-state index is 0.248. The first-order valence-electron chi connectivity index (χ1n) is 7.12. The third kappa shape index (κ3) is 3.87. The Morgan fingerprint density at radius 1 is 1.43 bits per heavy atom. The number of urea groups is 1. The fourth-order valence-corrected chi connectivity index (χ4v) is 2.41. The molecule has 21 heavy (non-hydrogen) atoms. The highest BCUT2D eigenvalue weighted by atomic mass is 16.5. The van der Waals surface area contributed by atoms with Gasteiger partial charge in [0.05, 0.1) is 18.2 Å². The van der Waals surface area contributed by atoms with Crippen molar-refractivity contribution in [2.45, 2.75) is 19.8 Å². The Morgan fingerprint density at radius 3 is 2.90 bits per heavy atom. The van der Waals surface area contributed by atoms with Gasteiger partial charge in [0.25, 0.3) is 0 Å². The van der Waals surface area contributed by atoms with E-state index in [1.807, 2.05) is 19.1 Å². The van der Waals surface area contributed by atoms with Crippen molar-refractivity contribution in [2.24, 2.45) is 5.92 Å². The molecule has 114 valence electrons. The van der Waals surface area contributed by atoms with Crippen LogP contribution in [0.1, 0.15) is 19.8 Å². The van der Waals surface area contributed by atoms with Crippen LogP contribution in [0.2, 0.25) is 0 Å². The molecule has 6 nitrogen and oxygen atoms in total. The second-order valence-electron chi connectivity index (χ2n) is 4.98. The molecule has 0 spiro atoms. The van der Waals surface area contributed by atoms with Crippen LogP contribution in [0.5, 0.6) is 5.75 Å². The summed E-state index contributed by atoms with van der Waals surface area (Å²) in [6.07, 6.45) is 1.33. The van der Waals surface area contributed by atoms with E-state index in [0.29, 0.717) is 37.4 Å². The van der Waals surface area contributed by atoms with E-state index >= 15 is 0 Å². The molecule has 0 aromatic heterocycles. The number of piperidine rings is 1. The van der Waals surface area contributed by atoms with E-state index in [0.717, 1.165) is 0 Å². The number of rotatable bonds is 4.